The molecule has 0 heterocycles. The average molecular weight is 268 g/mol. The number of carbonyl (C=O) groups excluding carboxylic acids is 1. The molecule has 0 aromatic heterocycles. The van der Waals surface area contributed by atoms with Crippen LogP contribution in [0.2, 0.25) is 5.02 Å². The number of nitrogens with one attached hydrogen (secondary N) is 1. The summed E-state index contributed by atoms with van der Waals surface area (Å²) >= 11 is 6.05. The van der Waals surface area contributed by atoms with Crippen LogP contribution in [-0.2, 0) is 16.1 Å². The lowest BCUT2D eigenvalue weighted by Gasteiger charge is -2.14. The smallest absolute Gasteiger partial charge is 0.309 e. The van der Waals surface area contributed by atoms with Crippen LogP contribution in [0.15, 0.2) is 24.3 Å². The Kier molecular flexibility index (Phi) is 4.61. The molecule has 1 aromatic rings. The molecule has 0 amide bonds. The Labute approximate surface area is 112 Å². The molecule has 1 saturated carbocycles. The summed E-state index contributed by atoms with van der Waals surface area (Å²) in [6, 6.07) is 7.72. The molecular formula is C14H18ClNO2. The molecule has 0 radical (unpaired) electrons. The maximum Gasteiger partial charge on any atom is 0.309 e. The second kappa shape index (κ2) is 6.21. The van der Waals surface area contributed by atoms with E-state index in [1.165, 1.54) is 0 Å². The highest BCUT2D eigenvalue weighted by Crippen LogP contribution is 2.30. The third-order valence-electron chi connectivity index (χ3n) is 2.93. The van der Waals surface area contributed by atoms with E-state index in [1.807, 2.05) is 31.2 Å². The predicted octanol–water partition coefficient (Wildman–Crippen LogP) is 2.77. The predicted molar refractivity (Wildman–Crippen MR) is 71.4 cm³/mol. The Hall–Kier alpha value is -1.06. The highest BCUT2D eigenvalue weighted by Gasteiger charge is 2.32. The number of rotatable bonds is 6. The standard InChI is InChI=1S/C14H18ClNO2/c1-10(18-14(17)11-6-7-11)8-16-9-12-4-2-3-5-13(12)15/h2-5,10-11,16H,6-9H2,1H3. The average Bonchev–Trinajstić information content (AvgIpc) is 3.15. The van der Waals surface area contributed by atoms with Crippen LogP contribution < -0.4 is 5.32 Å². The monoisotopic (exact) mass is 267 g/mol. The van der Waals surface area contributed by atoms with E-state index in [2.05, 4.69) is 5.32 Å². The molecule has 3 nitrogen and oxygen atoms in total. The zero-order valence-corrected chi connectivity index (χ0v) is 11.2. The summed E-state index contributed by atoms with van der Waals surface area (Å²) in [4.78, 5) is 11.4. The number of halogens is 1. The summed E-state index contributed by atoms with van der Waals surface area (Å²) in [5.74, 6) is 0.109. The van der Waals surface area contributed by atoms with Gasteiger partial charge in [-0.25, -0.2) is 0 Å². The number of ether oxygens (including phenoxy) is 1. The Bertz CT molecular complexity index is 418. The highest BCUT2D eigenvalue weighted by molar-refractivity contribution is 6.31. The van der Waals surface area contributed by atoms with Gasteiger partial charge in [-0.2, -0.15) is 0 Å². The zero-order chi connectivity index (χ0) is 13.0. The number of esters is 1. The first-order chi connectivity index (χ1) is 8.66. The minimum absolute atomic E-state index is 0.0537. The minimum atomic E-state index is -0.0967. The first-order valence-corrected chi connectivity index (χ1v) is 6.69. The number of benzene rings is 1. The van der Waals surface area contributed by atoms with Crippen LogP contribution in [0, 0.1) is 5.92 Å². The molecule has 2 rings (SSSR count). The van der Waals surface area contributed by atoms with Crippen LogP contribution in [0.25, 0.3) is 0 Å². The van der Waals surface area contributed by atoms with E-state index in [1.54, 1.807) is 0 Å². The molecular weight excluding hydrogens is 250 g/mol. The molecule has 0 bridgehead atoms. The summed E-state index contributed by atoms with van der Waals surface area (Å²) in [5.41, 5.74) is 1.06. The summed E-state index contributed by atoms with van der Waals surface area (Å²) in [5, 5.41) is 4.00. The summed E-state index contributed by atoms with van der Waals surface area (Å²) in [6.45, 7) is 3.23. The number of hydrogen-bond acceptors (Lipinski definition) is 3. The quantitative estimate of drug-likeness (QED) is 0.806. The maximum atomic E-state index is 11.4. The lowest BCUT2D eigenvalue weighted by atomic mass is 10.2. The normalized spacial score (nSPS) is 16.3. The van der Waals surface area contributed by atoms with Gasteiger partial charge in [-0.3, -0.25) is 4.79 Å². The molecule has 1 aliphatic carbocycles. The lowest BCUT2D eigenvalue weighted by Crippen LogP contribution is -2.29. The fraction of sp³-hybridized carbons (Fsp3) is 0.500. The van der Waals surface area contributed by atoms with Crippen molar-refractivity contribution in [1.29, 1.82) is 0 Å². The molecule has 18 heavy (non-hydrogen) atoms. The molecule has 1 unspecified atom stereocenters. The Morgan fingerprint density at radius 1 is 1.50 bits per heavy atom. The first kappa shape index (κ1) is 13.4. The van der Waals surface area contributed by atoms with Crippen molar-refractivity contribution < 1.29 is 9.53 Å². The Morgan fingerprint density at radius 2 is 2.22 bits per heavy atom. The van der Waals surface area contributed by atoms with Gasteiger partial charge in [0.1, 0.15) is 6.10 Å². The van der Waals surface area contributed by atoms with E-state index >= 15 is 0 Å². The van der Waals surface area contributed by atoms with Crippen LogP contribution in [0.1, 0.15) is 25.3 Å². The molecule has 4 heteroatoms. The molecule has 1 N–H and O–H groups in total. The molecule has 0 aliphatic heterocycles. The summed E-state index contributed by atoms with van der Waals surface area (Å²) in [7, 11) is 0. The SMILES string of the molecule is CC(CNCc1ccccc1Cl)OC(=O)C1CC1. The van der Waals surface area contributed by atoms with Gasteiger partial charge >= 0.3 is 5.97 Å². The summed E-state index contributed by atoms with van der Waals surface area (Å²) < 4.78 is 5.31. The van der Waals surface area contributed by atoms with Crippen molar-refractivity contribution in [3.8, 4) is 0 Å². The van der Waals surface area contributed by atoms with Gasteiger partial charge < -0.3 is 10.1 Å². The van der Waals surface area contributed by atoms with Gasteiger partial charge in [0, 0.05) is 18.1 Å². The molecule has 0 spiro atoms. The van der Waals surface area contributed by atoms with Crippen LogP contribution in [0.3, 0.4) is 0 Å². The van der Waals surface area contributed by atoms with Crippen LogP contribution >= 0.6 is 11.6 Å². The van der Waals surface area contributed by atoms with E-state index in [9.17, 15) is 4.79 Å². The third-order valence-corrected chi connectivity index (χ3v) is 3.30. The van der Waals surface area contributed by atoms with Crippen LogP contribution in [0.4, 0.5) is 0 Å². The van der Waals surface area contributed by atoms with Crippen molar-refractivity contribution in [3.63, 3.8) is 0 Å². The fourth-order valence-electron chi connectivity index (χ4n) is 1.71. The molecule has 1 aromatic carbocycles. The van der Waals surface area contributed by atoms with E-state index < -0.39 is 0 Å². The lowest BCUT2D eigenvalue weighted by molar-refractivity contribution is -0.149. The zero-order valence-electron chi connectivity index (χ0n) is 10.5. The highest BCUT2D eigenvalue weighted by atomic mass is 35.5. The van der Waals surface area contributed by atoms with Crippen molar-refractivity contribution in [2.24, 2.45) is 5.92 Å². The van der Waals surface area contributed by atoms with E-state index in [0.717, 1.165) is 23.4 Å². The molecule has 1 aliphatic rings. The van der Waals surface area contributed by atoms with Gasteiger partial charge in [-0.05, 0) is 31.4 Å². The van der Waals surface area contributed by atoms with E-state index in [0.29, 0.717) is 13.1 Å². The van der Waals surface area contributed by atoms with Crippen molar-refractivity contribution in [2.75, 3.05) is 6.54 Å². The van der Waals surface area contributed by atoms with E-state index in [4.69, 9.17) is 16.3 Å². The van der Waals surface area contributed by atoms with Gasteiger partial charge in [0.05, 0.1) is 5.92 Å². The molecule has 0 saturated heterocycles. The first-order valence-electron chi connectivity index (χ1n) is 6.31. The van der Waals surface area contributed by atoms with Crippen molar-refractivity contribution in [1.82, 2.24) is 5.32 Å². The van der Waals surface area contributed by atoms with Gasteiger partial charge in [0.2, 0.25) is 0 Å². The Morgan fingerprint density at radius 3 is 2.89 bits per heavy atom. The molecule has 98 valence electrons. The number of hydrogen-bond donors (Lipinski definition) is 1. The largest absolute Gasteiger partial charge is 0.461 e. The minimum Gasteiger partial charge on any atom is -0.461 e. The topological polar surface area (TPSA) is 38.3 Å². The van der Waals surface area contributed by atoms with Crippen molar-refractivity contribution in [2.45, 2.75) is 32.4 Å². The molecule has 1 atom stereocenters. The Balaban J connectivity index is 1.68. The van der Waals surface area contributed by atoms with Crippen molar-refractivity contribution >= 4 is 17.6 Å². The summed E-state index contributed by atoms with van der Waals surface area (Å²) in [6.07, 6.45) is 1.87. The van der Waals surface area contributed by atoms with Crippen LogP contribution in [0.5, 0.6) is 0 Å². The van der Waals surface area contributed by atoms with Gasteiger partial charge in [0.15, 0.2) is 0 Å². The van der Waals surface area contributed by atoms with Gasteiger partial charge in [0.25, 0.3) is 0 Å². The third kappa shape index (κ3) is 4.00. The van der Waals surface area contributed by atoms with Gasteiger partial charge in [-0.15, -0.1) is 0 Å². The second-order valence-electron chi connectivity index (χ2n) is 4.74. The second-order valence-corrected chi connectivity index (χ2v) is 5.15. The molecule has 1 fully saturated rings. The number of carbonyl (C=O) groups is 1. The van der Waals surface area contributed by atoms with Crippen LogP contribution in [-0.4, -0.2) is 18.6 Å². The van der Waals surface area contributed by atoms with E-state index in [-0.39, 0.29) is 18.0 Å². The fourth-order valence-corrected chi connectivity index (χ4v) is 1.91. The maximum absolute atomic E-state index is 11.4. The van der Waals surface area contributed by atoms with Gasteiger partial charge in [-0.1, -0.05) is 29.8 Å². The van der Waals surface area contributed by atoms with Crippen molar-refractivity contribution in [3.05, 3.63) is 34.9 Å².